The lowest BCUT2D eigenvalue weighted by Gasteiger charge is -1.93. The monoisotopic (exact) mass is 192 g/mol. The minimum absolute atomic E-state index is 0.261. The number of alkyl halides is 1. The van der Waals surface area contributed by atoms with Crippen LogP contribution in [0.1, 0.15) is 10.5 Å². The molecule has 0 atom stereocenters. The summed E-state index contributed by atoms with van der Waals surface area (Å²) in [6.07, 6.45) is 1.66. The molecule has 1 aromatic heterocycles. The van der Waals surface area contributed by atoms with Crippen LogP contribution < -0.4 is 0 Å². The van der Waals surface area contributed by atoms with Crippen LogP contribution >= 0.6 is 23.2 Å². The fraction of sp³-hybridized carbons (Fsp3) is 0.333. The molecule has 0 amide bonds. The Bertz CT molecular complexity index is 259. The zero-order valence-electron chi connectivity index (χ0n) is 5.63. The molecule has 0 aliphatic heterocycles. The summed E-state index contributed by atoms with van der Waals surface area (Å²) in [5.41, 5.74) is 0.261. The third-order valence-electron chi connectivity index (χ3n) is 1.16. The third-order valence-corrected chi connectivity index (χ3v) is 1.52. The largest absolute Gasteiger partial charge is 0.274 e. The van der Waals surface area contributed by atoms with E-state index in [4.69, 9.17) is 23.2 Å². The minimum atomic E-state index is -0.543. The topological polar surface area (TPSA) is 34.9 Å². The summed E-state index contributed by atoms with van der Waals surface area (Å²) in [7, 11) is 0. The number of aromatic nitrogens is 2. The van der Waals surface area contributed by atoms with Crippen LogP contribution in [0.15, 0.2) is 12.3 Å². The Hall–Kier alpha value is -0.540. The molecule has 0 spiro atoms. The van der Waals surface area contributed by atoms with Crippen molar-refractivity contribution in [2.45, 2.75) is 6.54 Å². The molecular formula is C6H6Cl2N2O. The summed E-state index contributed by atoms with van der Waals surface area (Å²) in [6.45, 7) is 0.589. The normalized spacial score (nSPS) is 10.0. The molecule has 1 aromatic rings. The minimum Gasteiger partial charge on any atom is -0.274 e. The molecule has 0 aliphatic carbocycles. The molecule has 0 aromatic carbocycles. The number of rotatable bonds is 3. The SMILES string of the molecule is O=C(Cl)c1ccn(CCCl)n1. The Morgan fingerprint density at radius 3 is 2.91 bits per heavy atom. The molecule has 5 heteroatoms. The second-order valence-corrected chi connectivity index (χ2v) is 2.65. The van der Waals surface area contributed by atoms with Gasteiger partial charge in [-0.15, -0.1) is 11.6 Å². The first-order valence-corrected chi connectivity index (χ1v) is 3.94. The van der Waals surface area contributed by atoms with Crippen LogP contribution in [-0.2, 0) is 6.54 Å². The quantitative estimate of drug-likeness (QED) is 0.538. The van der Waals surface area contributed by atoms with E-state index in [-0.39, 0.29) is 5.69 Å². The second kappa shape index (κ2) is 3.74. The van der Waals surface area contributed by atoms with Gasteiger partial charge in [0.15, 0.2) is 0 Å². The van der Waals surface area contributed by atoms with Gasteiger partial charge in [-0.2, -0.15) is 5.10 Å². The van der Waals surface area contributed by atoms with Gasteiger partial charge in [-0.1, -0.05) is 0 Å². The highest BCUT2D eigenvalue weighted by Crippen LogP contribution is 1.99. The van der Waals surface area contributed by atoms with Crippen LogP contribution in [0.4, 0.5) is 0 Å². The van der Waals surface area contributed by atoms with Gasteiger partial charge in [-0.25, -0.2) is 0 Å². The number of hydrogen-bond acceptors (Lipinski definition) is 2. The fourth-order valence-corrected chi connectivity index (χ4v) is 0.952. The lowest BCUT2D eigenvalue weighted by molar-refractivity contribution is 0.107. The third kappa shape index (κ3) is 2.20. The summed E-state index contributed by atoms with van der Waals surface area (Å²) in [5.74, 6) is 0.470. The molecule has 0 fully saturated rings. The molecule has 0 N–H and O–H groups in total. The average molecular weight is 193 g/mol. The summed E-state index contributed by atoms with van der Waals surface area (Å²) >= 11 is 10.6. The van der Waals surface area contributed by atoms with E-state index in [2.05, 4.69) is 5.10 Å². The standard InChI is InChI=1S/C6H6Cl2N2O/c7-2-4-10-3-1-5(9-10)6(8)11/h1,3H,2,4H2. The first kappa shape index (κ1) is 8.56. The highest BCUT2D eigenvalue weighted by atomic mass is 35.5. The number of carbonyl (C=O) groups excluding carboxylic acids is 1. The van der Waals surface area contributed by atoms with Crippen LogP contribution in [0.5, 0.6) is 0 Å². The molecule has 0 saturated heterocycles. The maximum absolute atomic E-state index is 10.5. The summed E-state index contributed by atoms with van der Waals surface area (Å²) in [5, 5.41) is 3.31. The van der Waals surface area contributed by atoms with Crippen molar-refractivity contribution in [1.82, 2.24) is 9.78 Å². The van der Waals surface area contributed by atoms with Crippen molar-refractivity contribution in [2.75, 3.05) is 5.88 Å². The van der Waals surface area contributed by atoms with Crippen molar-refractivity contribution in [3.63, 3.8) is 0 Å². The van der Waals surface area contributed by atoms with Crippen molar-refractivity contribution in [3.8, 4) is 0 Å². The molecule has 11 heavy (non-hydrogen) atoms. The molecule has 0 unspecified atom stereocenters. The van der Waals surface area contributed by atoms with Crippen molar-refractivity contribution in [3.05, 3.63) is 18.0 Å². The molecule has 60 valence electrons. The predicted molar refractivity (Wildman–Crippen MR) is 43.1 cm³/mol. The van der Waals surface area contributed by atoms with Crippen molar-refractivity contribution in [2.24, 2.45) is 0 Å². The van der Waals surface area contributed by atoms with E-state index in [1.54, 1.807) is 16.9 Å². The molecule has 0 radical (unpaired) electrons. The first-order chi connectivity index (χ1) is 5.24. The van der Waals surface area contributed by atoms with E-state index >= 15 is 0 Å². The van der Waals surface area contributed by atoms with Crippen LogP contribution in [0.25, 0.3) is 0 Å². The van der Waals surface area contributed by atoms with E-state index in [1.165, 1.54) is 0 Å². The Kier molecular flexibility index (Phi) is 2.91. The Labute approximate surface area is 73.9 Å². The van der Waals surface area contributed by atoms with Gasteiger partial charge in [0.25, 0.3) is 5.24 Å². The number of aryl methyl sites for hydroxylation is 1. The maximum atomic E-state index is 10.5. The Morgan fingerprint density at radius 2 is 2.45 bits per heavy atom. The number of halogens is 2. The van der Waals surface area contributed by atoms with E-state index in [0.717, 1.165) is 0 Å². The van der Waals surface area contributed by atoms with Gasteiger partial charge in [0.2, 0.25) is 0 Å². The molecule has 0 bridgehead atoms. The highest BCUT2D eigenvalue weighted by Gasteiger charge is 2.04. The second-order valence-electron chi connectivity index (χ2n) is 1.93. The average Bonchev–Trinajstić information content (AvgIpc) is 2.37. The fourth-order valence-electron chi connectivity index (χ4n) is 0.678. The van der Waals surface area contributed by atoms with E-state index in [1.807, 2.05) is 0 Å². The Morgan fingerprint density at radius 1 is 1.73 bits per heavy atom. The van der Waals surface area contributed by atoms with Crippen molar-refractivity contribution in [1.29, 1.82) is 0 Å². The molecule has 0 saturated carbocycles. The van der Waals surface area contributed by atoms with Gasteiger partial charge in [0, 0.05) is 12.1 Å². The number of hydrogen-bond donors (Lipinski definition) is 0. The van der Waals surface area contributed by atoms with E-state index < -0.39 is 5.24 Å². The first-order valence-electron chi connectivity index (χ1n) is 3.03. The lowest BCUT2D eigenvalue weighted by Crippen LogP contribution is -2.01. The van der Waals surface area contributed by atoms with E-state index in [9.17, 15) is 4.79 Å². The predicted octanol–water partition coefficient (Wildman–Crippen LogP) is 1.50. The van der Waals surface area contributed by atoms with Crippen molar-refractivity contribution < 1.29 is 4.79 Å². The van der Waals surface area contributed by atoms with Crippen LogP contribution in [0.3, 0.4) is 0 Å². The lowest BCUT2D eigenvalue weighted by atomic mass is 10.5. The van der Waals surface area contributed by atoms with Crippen LogP contribution in [0, 0.1) is 0 Å². The van der Waals surface area contributed by atoms with Gasteiger partial charge >= 0.3 is 0 Å². The highest BCUT2D eigenvalue weighted by molar-refractivity contribution is 6.67. The van der Waals surface area contributed by atoms with Crippen molar-refractivity contribution >= 4 is 28.4 Å². The molecular weight excluding hydrogens is 187 g/mol. The summed E-state index contributed by atoms with van der Waals surface area (Å²) < 4.78 is 1.57. The molecule has 1 rings (SSSR count). The van der Waals surface area contributed by atoms with Crippen LogP contribution in [-0.4, -0.2) is 20.9 Å². The van der Waals surface area contributed by atoms with Gasteiger partial charge in [-0.3, -0.25) is 9.48 Å². The molecule has 0 aliphatic rings. The number of carbonyl (C=O) groups is 1. The summed E-state index contributed by atoms with van der Waals surface area (Å²) in [4.78, 5) is 10.5. The molecule has 3 nitrogen and oxygen atoms in total. The molecule has 1 heterocycles. The van der Waals surface area contributed by atoms with Gasteiger partial charge in [0.1, 0.15) is 5.69 Å². The maximum Gasteiger partial charge on any atom is 0.272 e. The zero-order chi connectivity index (χ0) is 8.27. The Balaban J connectivity index is 2.73. The van der Waals surface area contributed by atoms with Gasteiger partial charge in [-0.05, 0) is 17.7 Å². The van der Waals surface area contributed by atoms with Gasteiger partial charge < -0.3 is 0 Å². The zero-order valence-corrected chi connectivity index (χ0v) is 7.14. The van der Waals surface area contributed by atoms with Crippen LogP contribution in [0.2, 0.25) is 0 Å². The summed E-state index contributed by atoms with van der Waals surface area (Å²) in [6, 6.07) is 1.56. The van der Waals surface area contributed by atoms with E-state index in [0.29, 0.717) is 12.4 Å². The van der Waals surface area contributed by atoms with Gasteiger partial charge in [0.05, 0.1) is 6.54 Å². The number of nitrogens with zero attached hydrogens (tertiary/aromatic N) is 2. The smallest absolute Gasteiger partial charge is 0.272 e.